The molecule has 2 heterocycles. The third-order valence-corrected chi connectivity index (χ3v) is 5.34. The van der Waals surface area contributed by atoms with Crippen molar-refractivity contribution in [2.75, 3.05) is 5.32 Å². The molecule has 27 heavy (non-hydrogen) atoms. The Hall–Kier alpha value is -2.74. The van der Waals surface area contributed by atoms with Gasteiger partial charge in [-0.3, -0.25) is 14.3 Å². The molecule has 1 aliphatic carbocycles. The first-order valence-corrected chi connectivity index (χ1v) is 9.58. The van der Waals surface area contributed by atoms with Crippen LogP contribution in [0.15, 0.2) is 53.9 Å². The van der Waals surface area contributed by atoms with Crippen LogP contribution in [0.3, 0.4) is 0 Å². The standard InChI is InChI=1S/C19H18FN5OS/c1-12(18(26)22-15-4-2-14(20)3-5-15)27-19-24-23-17(25(19)16-6-7-16)13-8-10-21-11-9-13/h2-5,8-12,16H,6-7H2,1H3,(H,22,26)/t12-/m0/s1. The van der Waals surface area contributed by atoms with Gasteiger partial charge in [-0.25, -0.2) is 4.39 Å². The zero-order valence-electron chi connectivity index (χ0n) is 14.7. The Kier molecular flexibility index (Phi) is 4.89. The molecule has 1 atom stereocenters. The molecule has 0 aliphatic heterocycles. The maximum atomic E-state index is 13.0. The molecule has 1 amide bonds. The van der Waals surface area contributed by atoms with Gasteiger partial charge in [0.25, 0.3) is 0 Å². The number of nitrogens with one attached hydrogen (secondary N) is 1. The summed E-state index contributed by atoms with van der Waals surface area (Å²) < 4.78 is 15.1. The highest BCUT2D eigenvalue weighted by Gasteiger charge is 2.31. The highest BCUT2D eigenvalue weighted by atomic mass is 32.2. The summed E-state index contributed by atoms with van der Waals surface area (Å²) in [5, 5.41) is 11.8. The lowest BCUT2D eigenvalue weighted by Gasteiger charge is -2.13. The minimum Gasteiger partial charge on any atom is -0.325 e. The fourth-order valence-corrected chi connectivity index (χ4v) is 3.63. The lowest BCUT2D eigenvalue weighted by Crippen LogP contribution is -2.23. The van der Waals surface area contributed by atoms with Crippen LogP contribution in [0.1, 0.15) is 25.8 Å². The van der Waals surface area contributed by atoms with Crippen LogP contribution in [0.4, 0.5) is 10.1 Å². The van der Waals surface area contributed by atoms with E-state index in [-0.39, 0.29) is 17.0 Å². The highest BCUT2D eigenvalue weighted by Crippen LogP contribution is 2.41. The SMILES string of the molecule is C[C@H](Sc1nnc(-c2ccncc2)n1C1CC1)C(=O)Nc1ccc(F)cc1. The lowest BCUT2D eigenvalue weighted by atomic mass is 10.2. The van der Waals surface area contributed by atoms with Crippen molar-refractivity contribution in [2.24, 2.45) is 0 Å². The average molecular weight is 383 g/mol. The number of pyridine rings is 1. The van der Waals surface area contributed by atoms with Gasteiger partial charge in [0.2, 0.25) is 5.91 Å². The van der Waals surface area contributed by atoms with Gasteiger partial charge >= 0.3 is 0 Å². The summed E-state index contributed by atoms with van der Waals surface area (Å²) in [7, 11) is 0. The minimum atomic E-state index is -0.373. The first-order chi connectivity index (χ1) is 13.1. The van der Waals surface area contributed by atoms with Gasteiger partial charge in [-0.05, 0) is 56.2 Å². The number of carbonyl (C=O) groups is 1. The van der Waals surface area contributed by atoms with E-state index in [0.717, 1.165) is 29.4 Å². The predicted molar refractivity (Wildman–Crippen MR) is 102 cm³/mol. The number of hydrogen-bond donors (Lipinski definition) is 1. The van der Waals surface area contributed by atoms with Gasteiger partial charge in [-0.2, -0.15) is 0 Å². The largest absolute Gasteiger partial charge is 0.325 e. The topological polar surface area (TPSA) is 72.7 Å². The first-order valence-electron chi connectivity index (χ1n) is 8.70. The molecule has 0 radical (unpaired) electrons. The number of halogens is 1. The summed E-state index contributed by atoms with van der Waals surface area (Å²) in [6.45, 7) is 1.82. The number of nitrogens with zero attached hydrogens (tertiary/aromatic N) is 4. The normalized spacial score (nSPS) is 14.7. The average Bonchev–Trinajstić information content (AvgIpc) is 3.44. The molecule has 0 bridgehead atoms. The summed E-state index contributed by atoms with van der Waals surface area (Å²) in [4.78, 5) is 16.5. The number of amides is 1. The van der Waals surface area contributed by atoms with Gasteiger partial charge < -0.3 is 5.32 Å². The Balaban J connectivity index is 1.51. The molecular weight excluding hydrogens is 365 g/mol. The zero-order chi connectivity index (χ0) is 18.8. The maximum Gasteiger partial charge on any atom is 0.237 e. The second-order valence-corrected chi connectivity index (χ2v) is 7.71. The molecule has 4 rings (SSSR count). The van der Waals surface area contributed by atoms with Crippen LogP contribution in [0.2, 0.25) is 0 Å². The fourth-order valence-electron chi connectivity index (χ4n) is 2.71. The molecule has 1 aromatic carbocycles. The van der Waals surface area contributed by atoms with Gasteiger partial charge in [0, 0.05) is 29.7 Å². The van der Waals surface area contributed by atoms with Crippen LogP contribution in [-0.4, -0.2) is 30.9 Å². The van der Waals surface area contributed by atoms with Crippen molar-refractivity contribution in [3.05, 3.63) is 54.6 Å². The first kappa shape index (κ1) is 17.7. The van der Waals surface area contributed by atoms with Gasteiger partial charge in [0.15, 0.2) is 11.0 Å². The Morgan fingerprint density at radius 1 is 1.19 bits per heavy atom. The number of benzene rings is 1. The number of aromatic nitrogens is 4. The molecule has 0 saturated heterocycles. The van der Waals surface area contributed by atoms with E-state index < -0.39 is 0 Å². The quantitative estimate of drug-likeness (QED) is 0.653. The minimum absolute atomic E-state index is 0.164. The van der Waals surface area contributed by atoms with Gasteiger partial charge in [-0.15, -0.1) is 10.2 Å². The van der Waals surface area contributed by atoms with Crippen molar-refractivity contribution in [3.8, 4) is 11.4 Å². The molecule has 1 fully saturated rings. The lowest BCUT2D eigenvalue weighted by molar-refractivity contribution is -0.115. The summed E-state index contributed by atoms with van der Waals surface area (Å²) in [5.74, 6) is 0.299. The Labute approximate surface area is 160 Å². The second-order valence-electron chi connectivity index (χ2n) is 6.40. The molecule has 0 unspecified atom stereocenters. The van der Waals surface area contributed by atoms with E-state index >= 15 is 0 Å². The number of hydrogen-bond acceptors (Lipinski definition) is 5. The van der Waals surface area contributed by atoms with Gasteiger partial charge in [-0.1, -0.05) is 11.8 Å². The Morgan fingerprint density at radius 3 is 2.56 bits per heavy atom. The van der Waals surface area contributed by atoms with Gasteiger partial charge in [0.1, 0.15) is 5.82 Å². The van der Waals surface area contributed by atoms with Crippen molar-refractivity contribution in [3.63, 3.8) is 0 Å². The van der Waals surface area contributed by atoms with E-state index in [1.807, 2.05) is 19.1 Å². The zero-order valence-corrected chi connectivity index (χ0v) is 15.5. The Morgan fingerprint density at radius 2 is 1.89 bits per heavy atom. The molecule has 8 heteroatoms. The van der Waals surface area contributed by atoms with Crippen molar-refractivity contribution >= 4 is 23.4 Å². The maximum absolute atomic E-state index is 13.0. The summed E-state index contributed by atoms with van der Waals surface area (Å²) >= 11 is 1.37. The van der Waals surface area contributed by atoms with Crippen LogP contribution in [0.5, 0.6) is 0 Å². The predicted octanol–water partition coefficient (Wildman–Crippen LogP) is 3.93. The number of rotatable bonds is 6. The van der Waals surface area contributed by atoms with E-state index in [0.29, 0.717) is 11.7 Å². The van der Waals surface area contributed by atoms with E-state index in [9.17, 15) is 9.18 Å². The third-order valence-electron chi connectivity index (χ3n) is 4.28. The van der Waals surface area contributed by atoms with Crippen molar-refractivity contribution < 1.29 is 9.18 Å². The fraction of sp³-hybridized carbons (Fsp3) is 0.263. The van der Waals surface area contributed by atoms with E-state index in [1.165, 1.54) is 23.9 Å². The summed E-state index contributed by atoms with van der Waals surface area (Å²) in [6.07, 6.45) is 5.62. The molecule has 3 aromatic rings. The van der Waals surface area contributed by atoms with Crippen molar-refractivity contribution in [1.82, 2.24) is 19.7 Å². The highest BCUT2D eigenvalue weighted by molar-refractivity contribution is 8.00. The van der Waals surface area contributed by atoms with Crippen LogP contribution < -0.4 is 5.32 Å². The van der Waals surface area contributed by atoms with E-state index in [2.05, 4.69) is 25.1 Å². The molecular formula is C19H18FN5OS. The molecule has 1 saturated carbocycles. The smallest absolute Gasteiger partial charge is 0.237 e. The second kappa shape index (κ2) is 7.48. The molecule has 0 spiro atoms. The number of anilines is 1. The van der Waals surface area contributed by atoms with Gasteiger partial charge in [0.05, 0.1) is 5.25 Å². The summed E-state index contributed by atoms with van der Waals surface area (Å²) in [5.41, 5.74) is 1.52. The number of thioether (sulfide) groups is 1. The number of carbonyl (C=O) groups excluding carboxylic acids is 1. The molecule has 138 valence electrons. The summed E-state index contributed by atoms with van der Waals surface area (Å²) in [6, 6.07) is 9.90. The third kappa shape index (κ3) is 4.00. The monoisotopic (exact) mass is 383 g/mol. The van der Waals surface area contributed by atoms with Crippen LogP contribution in [0, 0.1) is 5.82 Å². The van der Waals surface area contributed by atoms with Crippen LogP contribution >= 0.6 is 11.8 Å². The van der Waals surface area contributed by atoms with E-state index in [4.69, 9.17) is 0 Å². The molecule has 1 aliphatic rings. The molecule has 6 nitrogen and oxygen atoms in total. The molecule has 1 N–H and O–H groups in total. The molecule has 2 aromatic heterocycles. The van der Waals surface area contributed by atoms with Crippen LogP contribution in [-0.2, 0) is 4.79 Å². The van der Waals surface area contributed by atoms with Crippen molar-refractivity contribution in [2.45, 2.75) is 36.2 Å². The van der Waals surface area contributed by atoms with Crippen molar-refractivity contribution in [1.29, 1.82) is 0 Å². The van der Waals surface area contributed by atoms with E-state index in [1.54, 1.807) is 24.5 Å². The Bertz CT molecular complexity index is 940. The van der Waals surface area contributed by atoms with Crippen LogP contribution in [0.25, 0.3) is 11.4 Å².